The second-order valence-corrected chi connectivity index (χ2v) is 3.11. The molecule has 0 aliphatic heterocycles. The molecular weight excluding hydrogens is 190 g/mol. The van der Waals surface area contributed by atoms with Crippen molar-refractivity contribution in [3.8, 4) is 0 Å². The van der Waals surface area contributed by atoms with Crippen LogP contribution in [-0.2, 0) is 0 Å². The van der Waals surface area contributed by atoms with E-state index in [9.17, 15) is 0 Å². The molecule has 5 nitrogen and oxygen atoms in total. The topological polar surface area (TPSA) is 105 Å². The number of aromatic amines is 1. The van der Waals surface area contributed by atoms with Gasteiger partial charge >= 0.3 is 0 Å². The molecule has 6 N–H and O–H groups in total. The van der Waals surface area contributed by atoms with Crippen molar-refractivity contribution in [3.63, 3.8) is 0 Å². The lowest BCUT2D eigenvalue weighted by Crippen LogP contribution is -2.02. The highest BCUT2D eigenvalue weighted by Crippen LogP contribution is 2.24. The van der Waals surface area contributed by atoms with Gasteiger partial charge in [-0.1, -0.05) is 0 Å². The van der Waals surface area contributed by atoms with E-state index in [0.29, 0.717) is 16.9 Å². The summed E-state index contributed by atoms with van der Waals surface area (Å²) in [6.45, 7) is 0. The first-order chi connectivity index (χ1) is 7.24. The summed E-state index contributed by atoms with van der Waals surface area (Å²) in [5, 5.41) is 7.78. The Kier molecular flexibility index (Phi) is 2.13. The van der Waals surface area contributed by atoms with E-state index >= 15 is 0 Å². The van der Waals surface area contributed by atoms with Crippen molar-refractivity contribution in [3.05, 3.63) is 30.1 Å². The Morgan fingerprint density at radius 1 is 1.53 bits per heavy atom. The van der Waals surface area contributed by atoms with Crippen LogP contribution in [0.25, 0.3) is 16.7 Å². The summed E-state index contributed by atoms with van der Waals surface area (Å²) in [6.07, 6.45) is 5.97. The Balaban J connectivity index is 2.67. The van der Waals surface area contributed by atoms with E-state index in [1.54, 1.807) is 12.4 Å². The number of nitrogens with zero attached hydrogens (tertiary/aromatic N) is 1. The van der Waals surface area contributed by atoms with Crippen molar-refractivity contribution in [2.24, 2.45) is 5.73 Å². The van der Waals surface area contributed by atoms with Gasteiger partial charge in [-0.15, -0.1) is 0 Å². The smallest absolute Gasteiger partial charge is 0.139 e. The number of nitrogens with two attached hydrogens (primary N) is 2. The van der Waals surface area contributed by atoms with Crippen LogP contribution < -0.4 is 11.5 Å². The SMILES string of the molecule is N=CC=C(N)c1cnc2[nH]ccc2c1N. The van der Waals surface area contributed by atoms with Crippen molar-refractivity contribution >= 4 is 28.6 Å². The number of aromatic nitrogens is 2. The quantitative estimate of drug-likeness (QED) is 0.546. The van der Waals surface area contributed by atoms with Crippen LogP contribution in [0.1, 0.15) is 5.56 Å². The van der Waals surface area contributed by atoms with Crippen LogP contribution >= 0.6 is 0 Å². The minimum Gasteiger partial charge on any atom is -0.398 e. The van der Waals surface area contributed by atoms with E-state index in [-0.39, 0.29) is 0 Å². The summed E-state index contributed by atoms with van der Waals surface area (Å²) in [5.74, 6) is 0. The number of nitrogen functional groups attached to an aromatic ring is 1. The Morgan fingerprint density at radius 2 is 2.33 bits per heavy atom. The monoisotopic (exact) mass is 201 g/mol. The highest BCUT2D eigenvalue weighted by molar-refractivity contribution is 5.96. The third-order valence-electron chi connectivity index (χ3n) is 2.20. The van der Waals surface area contributed by atoms with Crippen LogP contribution in [0.2, 0.25) is 0 Å². The Bertz CT molecular complexity index is 538. The van der Waals surface area contributed by atoms with Crippen molar-refractivity contribution in [2.75, 3.05) is 5.73 Å². The number of nitrogens with one attached hydrogen (secondary N) is 2. The second-order valence-electron chi connectivity index (χ2n) is 3.11. The fraction of sp³-hybridized carbons (Fsp3) is 0. The average Bonchev–Trinajstić information content (AvgIpc) is 2.67. The van der Waals surface area contributed by atoms with Gasteiger partial charge in [0.2, 0.25) is 0 Å². The van der Waals surface area contributed by atoms with Crippen molar-refractivity contribution in [2.45, 2.75) is 0 Å². The number of H-pyrrole nitrogens is 1. The second kappa shape index (κ2) is 3.45. The first-order valence-electron chi connectivity index (χ1n) is 4.42. The summed E-state index contributed by atoms with van der Waals surface area (Å²) < 4.78 is 0. The number of hydrogen-bond acceptors (Lipinski definition) is 4. The lowest BCUT2D eigenvalue weighted by molar-refractivity contribution is 1.31. The van der Waals surface area contributed by atoms with Gasteiger partial charge in [0.1, 0.15) is 5.65 Å². The van der Waals surface area contributed by atoms with Gasteiger partial charge in [-0.2, -0.15) is 0 Å². The van der Waals surface area contributed by atoms with Gasteiger partial charge in [0.25, 0.3) is 0 Å². The zero-order chi connectivity index (χ0) is 10.8. The molecule has 2 aromatic rings. The van der Waals surface area contributed by atoms with Crippen LogP contribution in [0.3, 0.4) is 0 Å². The molecule has 15 heavy (non-hydrogen) atoms. The van der Waals surface area contributed by atoms with E-state index in [1.165, 1.54) is 6.08 Å². The van der Waals surface area contributed by atoms with Crippen molar-refractivity contribution in [1.29, 1.82) is 5.41 Å². The molecule has 0 radical (unpaired) electrons. The third kappa shape index (κ3) is 1.43. The van der Waals surface area contributed by atoms with Crippen LogP contribution in [0, 0.1) is 5.41 Å². The highest BCUT2D eigenvalue weighted by Gasteiger charge is 2.07. The van der Waals surface area contributed by atoms with E-state index in [0.717, 1.165) is 17.2 Å². The molecule has 0 amide bonds. The number of pyridine rings is 1. The Morgan fingerprint density at radius 3 is 3.07 bits per heavy atom. The number of allylic oxidation sites excluding steroid dienone is 1. The van der Waals surface area contributed by atoms with Crippen LogP contribution in [0.5, 0.6) is 0 Å². The predicted octanol–water partition coefficient (Wildman–Crippen LogP) is 1.09. The molecule has 0 unspecified atom stereocenters. The number of anilines is 1. The molecule has 0 spiro atoms. The number of fused-ring (bicyclic) bond motifs is 1. The standard InChI is InChI=1S/C10H11N5/c11-3-1-8(12)7-5-15-10-6(9(7)13)2-4-14-10/h1-5,11H,12H2,(H3,13,14,15). The van der Waals surface area contributed by atoms with Gasteiger partial charge < -0.3 is 21.9 Å². The fourth-order valence-electron chi connectivity index (χ4n) is 1.44. The molecule has 0 saturated carbocycles. The van der Waals surface area contributed by atoms with Gasteiger partial charge in [-0.05, 0) is 12.1 Å². The Hall–Kier alpha value is -2.30. The van der Waals surface area contributed by atoms with Gasteiger partial charge in [0, 0.05) is 35.3 Å². The molecular formula is C10H11N5. The largest absolute Gasteiger partial charge is 0.398 e. The maximum absolute atomic E-state index is 6.94. The lowest BCUT2D eigenvalue weighted by atomic mass is 10.1. The van der Waals surface area contributed by atoms with E-state index < -0.39 is 0 Å². The van der Waals surface area contributed by atoms with E-state index in [1.807, 2.05) is 6.07 Å². The molecule has 0 fully saturated rings. The summed E-state index contributed by atoms with van der Waals surface area (Å²) in [4.78, 5) is 7.14. The van der Waals surface area contributed by atoms with Gasteiger partial charge in [0.05, 0.1) is 5.69 Å². The summed E-state index contributed by atoms with van der Waals surface area (Å²) in [5.41, 5.74) is 14.1. The van der Waals surface area contributed by atoms with Crippen molar-refractivity contribution < 1.29 is 0 Å². The highest BCUT2D eigenvalue weighted by atomic mass is 14.8. The zero-order valence-electron chi connectivity index (χ0n) is 7.99. The van der Waals surface area contributed by atoms with E-state index in [4.69, 9.17) is 16.9 Å². The lowest BCUT2D eigenvalue weighted by Gasteiger charge is -2.05. The van der Waals surface area contributed by atoms with Crippen molar-refractivity contribution in [1.82, 2.24) is 9.97 Å². The molecule has 5 heteroatoms. The molecule has 2 rings (SSSR count). The predicted molar refractivity (Wildman–Crippen MR) is 61.5 cm³/mol. The molecule has 2 heterocycles. The first-order valence-corrected chi connectivity index (χ1v) is 4.42. The molecule has 0 saturated heterocycles. The van der Waals surface area contributed by atoms with E-state index in [2.05, 4.69) is 9.97 Å². The normalized spacial score (nSPS) is 11.9. The molecule has 0 aliphatic rings. The summed E-state index contributed by atoms with van der Waals surface area (Å²) in [7, 11) is 0. The van der Waals surface area contributed by atoms with Crippen LogP contribution in [-0.4, -0.2) is 16.2 Å². The average molecular weight is 201 g/mol. The zero-order valence-corrected chi connectivity index (χ0v) is 7.99. The minimum atomic E-state index is 0.443. The molecule has 76 valence electrons. The molecule has 0 aliphatic carbocycles. The third-order valence-corrected chi connectivity index (χ3v) is 2.20. The summed E-state index contributed by atoms with van der Waals surface area (Å²) in [6, 6.07) is 1.85. The van der Waals surface area contributed by atoms with Crippen LogP contribution in [0.15, 0.2) is 24.5 Å². The maximum Gasteiger partial charge on any atom is 0.139 e. The number of hydrogen-bond donors (Lipinski definition) is 4. The molecule has 0 atom stereocenters. The van der Waals surface area contributed by atoms with Gasteiger partial charge in [-0.25, -0.2) is 4.98 Å². The first kappa shape index (κ1) is 9.26. The van der Waals surface area contributed by atoms with Gasteiger partial charge in [-0.3, -0.25) is 0 Å². The molecule has 0 aromatic carbocycles. The molecule has 0 bridgehead atoms. The van der Waals surface area contributed by atoms with Gasteiger partial charge in [0.15, 0.2) is 0 Å². The minimum absolute atomic E-state index is 0.443. The fourth-order valence-corrected chi connectivity index (χ4v) is 1.44. The van der Waals surface area contributed by atoms with Crippen LogP contribution in [0.4, 0.5) is 5.69 Å². The number of rotatable bonds is 2. The Labute approximate surface area is 86.3 Å². The summed E-state index contributed by atoms with van der Waals surface area (Å²) >= 11 is 0. The molecule has 2 aromatic heterocycles. The maximum atomic E-state index is 6.94.